The van der Waals surface area contributed by atoms with Crippen LogP contribution in [-0.2, 0) is 4.74 Å². The SMILES string of the molecule is CCOC(=N)c1cnc2c(C)c(OC)ccc2c1N. The monoisotopic (exact) mass is 259 g/mol. The van der Waals surface area contributed by atoms with Crippen LogP contribution < -0.4 is 10.5 Å². The summed E-state index contributed by atoms with van der Waals surface area (Å²) in [5.41, 5.74) is 8.84. The van der Waals surface area contributed by atoms with Crippen molar-refractivity contribution in [3.05, 3.63) is 29.5 Å². The summed E-state index contributed by atoms with van der Waals surface area (Å²) in [6.45, 7) is 4.19. The van der Waals surface area contributed by atoms with Crippen LogP contribution in [0, 0.1) is 12.3 Å². The van der Waals surface area contributed by atoms with Crippen molar-refractivity contribution in [3.8, 4) is 5.75 Å². The molecule has 0 saturated heterocycles. The number of anilines is 1. The fourth-order valence-electron chi connectivity index (χ4n) is 2.03. The summed E-state index contributed by atoms with van der Waals surface area (Å²) in [5.74, 6) is 0.815. The normalized spacial score (nSPS) is 10.5. The molecule has 0 spiro atoms. The van der Waals surface area contributed by atoms with Crippen LogP contribution in [-0.4, -0.2) is 24.6 Å². The Kier molecular flexibility index (Phi) is 3.55. The van der Waals surface area contributed by atoms with Gasteiger partial charge >= 0.3 is 0 Å². The number of rotatable bonds is 3. The van der Waals surface area contributed by atoms with Gasteiger partial charge in [-0.2, -0.15) is 0 Å². The van der Waals surface area contributed by atoms with Gasteiger partial charge in [0, 0.05) is 17.1 Å². The average Bonchev–Trinajstić information content (AvgIpc) is 2.40. The second-order valence-electron chi connectivity index (χ2n) is 4.14. The van der Waals surface area contributed by atoms with Gasteiger partial charge in [-0.1, -0.05) is 0 Å². The Bertz CT molecular complexity index is 638. The van der Waals surface area contributed by atoms with Crippen LogP contribution in [0.5, 0.6) is 5.75 Å². The van der Waals surface area contributed by atoms with Gasteiger partial charge in [0.25, 0.3) is 0 Å². The van der Waals surface area contributed by atoms with Crippen molar-refractivity contribution in [1.82, 2.24) is 4.98 Å². The zero-order valence-electron chi connectivity index (χ0n) is 11.3. The van der Waals surface area contributed by atoms with Gasteiger partial charge in [-0.15, -0.1) is 0 Å². The highest BCUT2D eigenvalue weighted by atomic mass is 16.5. The van der Waals surface area contributed by atoms with Crippen molar-refractivity contribution in [1.29, 1.82) is 5.41 Å². The third-order valence-corrected chi connectivity index (χ3v) is 3.04. The molecule has 1 aromatic carbocycles. The molecule has 19 heavy (non-hydrogen) atoms. The molecule has 0 unspecified atom stereocenters. The molecule has 0 bridgehead atoms. The van der Waals surface area contributed by atoms with Gasteiger partial charge in [-0.05, 0) is 26.0 Å². The molecule has 0 aliphatic carbocycles. The van der Waals surface area contributed by atoms with Gasteiger partial charge < -0.3 is 15.2 Å². The van der Waals surface area contributed by atoms with E-state index in [0.29, 0.717) is 17.9 Å². The van der Waals surface area contributed by atoms with Crippen LogP contribution in [0.3, 0.4) is 0 Å². The minimum absolute atomic E-state index is 0.0443. The number of nitrogens with two attached hydrogens (primary N) is 1. The van der Waals surface area contributed by atoms with Gasteiger partial charge in [-0.3, -0.25) is 10.4 Å². The smallest absolute Gasteiger partial charge is 0.216 e. The highest BCUT2D eigenvalue weighted by molar-refractivity contribution is 6.05. The minimum Gasteiger partial charge on any atom is -0.496 e. The van der Waals surface area contributed by atoms with Crippen molar-refractivity contribution in [2.75, 3.05) is 19.5 Å². The van der Waals surface area contributed by atoms with E-state index in [-0.39, 0.29) is 5.90 Å². The molecular weight excluding hydrogens is 242 g/mol. The van der Waals surface area contributed by atoms with Crippen LogP contribution in [0.1, 0.15) is 18.1 Å². The van der Waals surface area contributed by atoms with E-state index < -0.39 is 0 Å². The number of hydrogen-bond acceptors (Lipinski definition) is 5. The number of nitrogens with one attached hydrogen (secondary N) is 1. The molecule has 0 amide bonds. The molecule has 0 radical (unpaired) electrons. The van der Waals surface area contributed by atoms with E-state index in [1.807, 2.05) is 26.0 Å². The lowest BCUT2D eigenvalue weighted by Gasteiger charge is -2.12. The van der Waals surface area contributed by atoms with E-state index in [9.17, 15) is 0 Å². The summed E-state index contributed by atoms with van der Waals surface area (Å²) in [6.07, 6.45) is 1.57. The highest BCUT2D eigenvalue weighted by Gasteiger charge is 2.14. The Hall–Kier alpha value is -2.30. The van der Waals surface area contributed by atoms with E-state index in [4.69, 9.17) is 20.6 Å². The molecule has 100 valence electrons. The molecular formula is C14H17N3O2. The molecule has 5 nitrogen and oxygen atoms in total. The number of methoxy groups -OCH3 is 1. The Labute approximate surface area is 111 Å². The summed E-state index contributed by atoms with van der Waals surface area (Å²) in [6, 6.07) is 3.70. The van der Waals surface area contributed by atoms with Crippen molar-refractivity contribution in [2.45, 2.75) is 13.8 Å². The molecule has 3 N–H and O–H groups in total. The molecule has 0 aliphatic rings. The standard InChI is InChI=1S/C14H17N3O2/c1-4-19-14(16)10-7-17-13-8(2)11(18-3)6-5-9(13)12(10)15/h5-7,16H,4H2,1-3H3,(H2,15,17). The lowest BCUT2D eigenvalue weighted by atomic mass is 10.1. The van der Waals surface area contributed by atoms with Gasteiger partial charge in [0.1, 0.15) is 5.75 Å². The first kappa shape index (κ1) is 13.1. The first-order valence-corrected chi connectivity index (χ1v) is 6.03. The second kappa shape index (κ2) is 5.14. The number of nitrogens with zero attached hydrogens (tertiary/aromatic N) is 1. The second-order valence-corrected chi connectivity index (χ2v) is 4.14. The molecule has 5 heteroatoms. The largest absolute Gasteiger partial charge is 0.496 e. The first-order valence-electron chi connectivity index (χ1n) is 6.03. The molecule has 0 aliphatic heterocycles. The molecule has 2 aromatic rings. The molecule has 0 fully saturated rings. The number of ether oxygens (including phenoxy) is 2. The number of benzene rings is 1. The fraction of sp³-hybridized carbons (Fsp3) is 0.286. The maximum absolute atomic E-state index is 7.81. The van der Waals surface area contributed by atoms with Crippen molar-refractivity contribution < 1.29 is 9.47 Å². The topological polar surface area (TPSA) is 81.2 Å². The van der Waals surface area contributed by atoms with Gasteiger partial charge in [-0.25, -0.2) is 0 Å². The molecule has 0 atom stereocenters. The number of fused-ring (bicyclic) bond motifs is 1. The van der Waals surface area contributed by atoms with Gasteiger partial charge in [0.2, 0.25) is 5.90 Å². The van der Waals surface area contributed by atoms with Crippen LogP contribution in [0.25, 0.3) is 10.9 Å². The van der Waals surface area contributed by atoms with Crippen molar-refractivity contribution >= 4 is 22.5 Å². The summed E-state index contributed by atoms with van der Waals surface area (Å²) >= 11 is 0. The van der Waals surface area contributed by atoms with E-state index in [2.05, 4.69) is 4.98 Å². The Morgan fingerprint density at radius 1 is 1.42 bits per heavy atom. The molecule has 0 saturated carbocycles. The van der Waals surface area contributed by atoms with Crippen LogP contribution in [0.2, 0.25) is 0 Å². The van der Waals surface area contributed by atoms with E-state index >= 15 is 0 Å². The third-order valence-electron chi connectivity index (χ3n) is 3.04. The number of nitrogen functional groups attached to an aromatic ring is 1. The first-order chi connectivity index (χ1) is 9.10. The fourth-order valence-corrected chi connectivity index (χ4v) is 2.03. The minimum atomic E-state index is 0.0443. The van der Waals surface area contributed by atoms with E-state index in [1.165, 1.54) is 0 Å². The summed E-state index contributed by atoms with van der Waals surface area (Å²) in [4.78, 5) is 4.37. The molecule has 2 rings (SSSR count). The average molecular weight is 259 g/mol. The van der Waals surface area contributed by atoms with Crippen molar-refractivity contribution in [3.63, 3.8) is 0 Å². The van der Waals surface area contributed by atoms with Gasteiger partial charge in [0.15, 0.2) is 0 Å². The number of pyridine rings is 1. The third kappa shape index (κ3) is 2.19. The zero-order chi connectivity index (χ0) is 14.0. The summed E-state index contributed by atoms with van der Waals surface area (Å²) < 4.78 is 10.4. The predicted octanol–water partition coefficient (Wildman–Crippen LogP) is 2.50. The van der Waals surface area contributed by atoms with Crippen molar-refractivity contribution in [2.24, 2.45) is 0 Å². The zero-order valence-corrected chi connectivity index (χ0v) is 11.3. The highest BCUT2D eigenvalue weighted by Crippen LogP contribution is 2.30. The maximum Gasteiger partial charge on any atom is 0.216 e. The van der Waals surface area contributed by atoms with E-state index in [0.717, 1.165) is 22.2 Å². The van der Waals surface area contributed by atoms with Gasteiger partial charge in [0.05, 0.1) is 30.5 Å². The predicted molar refractivity (Wildman–Crippen MR) is 75.9 cm³/mol. The number of aromatic nitrogens is 1. The lowest BCUT2D eigenvalue weighted by molar-refractivity contribution is 0.326. The summed E-state index contributed by atoms with van der Waals surface area (Å²) in [7, 11) is 1.62. The lowest BCUT2D eigenvalue weighted by Crippen LogP contribution is -2.09. The Morgan fingerprint density at radius 3 is 2.79 bits per heavy atom. The van der Waals surface area contributed by atoms with Crippen LogP contribution >= 0.6 is 0 Å². The van der Waals surface area contributed by atoms with E-state index in [1.54, 1.807) is 13.3 Å². The maximum atomic E-state index is 7.81. The molecule has 1 heterocycles. The number of hydrogen-bond donors (Lipinski definition) is 2. The number of aryl methyl sites for hydroxylation is 1. The quantitative estimate of drug-likeness (QED) is 0.655. The Morgan fingerprint density at radius 2 is 2.16 bits per heavy atom. The summed E-state index contributed by atoms with van der Waals surface area (Å²) in [5, 5.41) is 8.62. The van der Waals surface area contributed by atoms with Crippen LogP contribution in [0.4, 0.5) is 5.69 Å². The Balaban J connectivity index is 2.63. The van der Waals surface area contributed by atoms with Crippen LogP contribution in [0.15, 0.2) is 18.3 Å². The molecule has 1 aromatic heterocycles.